The zero-order valence-electron chi connectivity index (χ0n) is 19.1. The number of hydrogen-bond donors (Lipinski definition) is 2. The molecule has 0 aromatic carbocycles. The Balaban J connectivity index is 1.50. The summed E-state index contributed by atoms with van der Waals surface area (Å²) in [7, 11) is 0. The van der Waals surface area contributed by atoms with Crippen LogP contribution in [0, 0.1) is 13.8 Å². The van der Waals surface area contributed by atoms with E-state index < -0.39 is 11.7 Å². The van der Waals surface area contributed by atoms with Gasteiger partial charge in [-0.1, -0.05) is 17.3 Å². The molecule has 1 saturated heterocycles. The molecular weight excluding hydrogens is 445 g/mol. The van der Waals surface area contributed by atoms with Crippen LogP contribution in [0.25, 0.3) is 16.8 Å². The van der Waals surface area contributed by atoms with Crippen LogP contribution in [0.15, 0.2) is 28.9 Å². The van der Waals surface area contributed by atoms with Crippen LogP contribution >= 0.6 is 0 Å². The van der Waals surface area contributed by atoms with Crippen molar-refractivity contribution in [2.75, 3.05) is 11.9 Å². The molecule has 0 bridgehead atoms. The van der Waals surface area contributed by atoms with Crippen LogP contribution in [0.4, 0.5) is 19.1 Å². The Hall–Kier alpha value is -3.27. The molecule has 10 heteroatoms. The number of allylic oxidation sites excluding steroid dienone is 1. The fourth-order valence-electron chi connectivity index (χ4n) is 4.59. The largest absolute Gasteiger partial charge is 0.419 e. The monoisotopic (exact) mass is 470 g/mol. The Bertz CT molecular complexity index is 1240. The second-order valence-corrected chi connectivity index (χ2v) is 8.89. The van der Waals surface area contributed by atoms with Crippen molar-refractivity contribution in [1.29, 1.82) is 0 Å². The van der Waals surface area contributed by atoms with E-state index in [1.165, 1.54) is 0 Å². The third-order valence-electron chi connectivity index (χ3n) is 6.40. The van der Waals surface area contributed by atoms with Crippen LogP contribution in [-0.4, -0.2) is 38.7 Å². The molecule has 34 heavy (non-hydrogen) atoms. The standard InChI is InChI=1S/C24H25F3N6O/c1-12-4-5-15(10-28-12)30-23-29-11-18(24(25,26)27)22(32-23)17-7-8-19-16(17)6-9-20(31-19)21-13(2)33-34-14(21)3/h6-7,9,11-12,15,28H,4-5,8,10H2,1-3H3,(H,29,30,32)/t12-,15-/m0/s1. The maximum Gasteiger partial charge on any atom is 0.419 e. The molecule has 3 aromatic rings. The van der Waals surface area contributed by atoms with Gasteiger partial charge in [0.05, 0.1) is 28.3 Å². The van der Waals surface area contributed by atoms with Gasteiger partial charge >= 0.3 is 6.18 Å². The molecule has 0 amide bonds. The third kappa shape index (κ3) is 4.18. The number of aryl methyl sites for hydroxylation is 2. The van der Waals surface area contributed by atoms with Crippen molar-refractivity contribution in [2.24, 2.45) is 0 Å². The van der Waals surface area contributed by atoms with Gasteiger partial charge in [0.15, 0.2) is 0 Å². The predicted molar refractivity (Wildman–Crippen MR) is 121 cm³/mol. The Morgan fingerprint density at radius 1 is 1.15 bits per heavy atom. The average molecular weight is 470 g/mol. The number of anilines is 1. The van der Waals surface area contributed by atoms with E-state index in [0.717, 1.165) is 24.6 Å². The van der Waals surface area contributed by atoms with Gasteiger partial charge in [0.2, 0.25) is 5.95 Å². The number of aromatic nitrogens is 4. The number of nitrogens with zero attached hydrogens (tertiary/aromatic N) is 4. The molecule has 3 aromatic heterocycles. The molecule has 5 rings (SSSR count). The fourth-order valence-corrected chi connectivity index (χ4v) is 4.59. The quantitative estimate of drug-likeness (QED) is 0.571. The molecular formula is C24H25F3N6O. The van der Waals surface area contributed by atoms with Crippen molar-refractivity contribution in [2.45, 2.75) is 58.3 Å². The first-order valence-corrected chi connectivity index (χ1v) is 11.3. The Morgan fingerprint density at radius 2 is 1.97 bits per heavy atom. The Morgan fingerprint density at radius 3 is 2.65 bits per heavy atom. The molecule has 2 aliphatic rings. The topological polar surface area (TPSA) is 88.8 Å². The molecule has 2 N–H and O–H groups in total. The number of rotatable bonds is 4. The van der Waals surface area contributed by atoms with Crippen molar-refractivity contribution in [3.8, 4) is 11.3 Å². The van der Waals surface area contributed by atoms with E-state index >= 15 is 0 Å². The normalized spacial score (nSPS) is 20.2. The first-order valence-electron chi connectivity index (χ1n) is 11.3. The van der Waals surface area contributed by atoms with Gasteiger partial charge in [0, 0.05) is 42.4 Å². The van der Waals surface area contributed by atoms with E-state index in [2.05, 4.69) is 32.7 Å². The van der Waals surface area contributed by atoms with Gasteiger partial charge in [-0.2, -0.15) is 13.2 Å². The summed E-state index contributed by atoms with van der Waals surface area (Å²) in [6, 6.07) is 4.06. The van der Waals surface area contributed by atoms with Crippen LogP contribution in [0.1, 0.15) is 53.7 Å². The first-order chi connectivity index (χ1) is 16.2. The molecule has 0 radical (unpaired) electrons. The minimum absolute atomic E-state index is 0.0601. The molecule has 1 fully saturated rings. The summed E-state index contributed by atoms with van der Waals surface area (Å²) >= 11 is 0. The summed E-state index contributed by atoms with van der Waals surface area (Å²) in [6.07, 6.45) is 0.324. The van der Waals surface area contributed by atoms with E-state index in [4.69, 9.17) is 9.51 Å². The smallest absolute Gasteiger partial charge is 0.361 e. The minimum atomic E-state index is -4.58. The highest BCUT2D eigenvalue weighted by Crippen LogP contribution is 2.40. The summed E-state index contributed by atoms with van der Waals surface area (Å²) in [6.45, 7) is 6.46. The number of nitrogens with one attached hydrogen (secondary N) is 2. The Labute approximate surface area is 194 Å². The summed E-state index contributed by atoms with van der Waals surface area (Å²) in [4.78, 5) is 13.0. The highest BCUT2D eigenvalue weighted by atomic mass is 19.4. The van der Waals surface area contributed by atoms with Crippen LogP contribution in [-0.2, 0) is 12.6 Å². The number of alkyl halides is 3. The second-order valence-electron chi connectivity index (χ2n) is 8.89. The zero-order chi connectivity index (χ0) is 24.0. The van der Waals surface area contributed by atoms with Crippen LogP contribution < -0.4 is 10.6 Å². The molecule has 1 aliphatic heterocycles. The van der Waals surface area contributed by atoms with E-state index in [1.54, 1.807) is 25.1 Å². The average Bonchev–Trinajstić information content (AvgIpc) is 3.36. The summed E-state index contributed by atoms with van der Waals surface area (Å²) in [5, 5.41) is 10.5. The van der Waals surface area contributed by atoms with Crippen LogP contribution in [0.3, 0.4) is 0 Å². The lowest BCUT2D eigenvalue weighted by molar-refractivity contribution is -0.138. The maximum atomic E-state index is 13.9. The van der Waals surface area contributed by atoms with E-state index in [0.29, 0.717) is 53.0 Å². The molecule has 4 heterocycles. The van der Waals surface area contributed by atoms with Crippen molar-refractivity contribution in [3.05, 3.63) is 58.4 Å². The molecule has 7 nitrogen and oxygen atoms in total. The van der Waals surface area contributed by atoms with Crippen molar-refractivity contribution >= 4 is 11.5 Å². The SMILES string of the molecule is Cc1noc(C)c1-c1ccc2c(n1)CC=C2c1nc(N[C@H]2CC[C@H](C)NC2)ncc1C(F)(F)F. The summed E-state index contributed by atoms with van der Waals surface area (Å²) in [5.41, 5.74) is 2.96. The van der Waals surface area contributed by atoms with Crippen molar-refractivity contribution in [1.82, 2.24) is 25.4 Å². The second kappa shape index (κ2) is 8.50. The Kier molecular flexibility index (Phi) is 5.63. The van der Waals surface area contributed by atoms with Gasteiger partial charge in [-0.05, 0) is 39.7 Å². The van der Waals surface area contributed by atoms with Crippen molar-refractivity contribution in [3.63, 3.8) is 0 Å². The minimum Gasteiger partial charge on any atom is -0.361 e. The number of piperidine rings is 1. The first kappa shape index (κ1) is 22.5. The predicted octanol–water partition coefficient (Wildman–Crippen LogP) is 4.70. The van der Waals surface area contributed by atoms with E-state index in [9.17, 15) is 13.2 Å². The lowest BCUT2D eigenvalue weighted by atomic mass is 10.0. The van der Waals surface area contributed by atoms with E-state index in [-0.39, 0.29) is 17.7 Å². The number of hydrogen-bond acceptors (Lipinski definition) is 7. The van der Waals surface area contributed by atoms with Gasteiger partial charge in [-0.3, -0.25) is 4.98 Å². The summed E-state index contributed by atoms with van der Waals surface area (Å²) in [5.74, 6) is 0.840. The molecule has 0 unspecified atom stereocenters. The number of halogens is 3. The maximum absolute atomic E-state index is 13.9. The molecule has 0 saturated carbocycles. The molecule has 2 atom stereocenters. The third-order valence-corrected chi connectivity index (χ3v) is 6.40. The number of fused-ring (bicyclic) bond motifs is 1. The van der Waals surface area contributed by atoms with Gasteiger partial charge in [0.1, 0.15) is 11.3 Å². The fraction of sp³-hybridized carbons (Fsp3) is 0.417. The molecule has 1 aliphatic carbocycles. The zero-order valence-corrected chi connectivity index (χ0v) is 19.1. The summed E-state index contributed by atoms with van der Waals surface area (Å²) < 4.78 is 46.9. The lowest BCUT2D eigenvalue weighted by Gasteiger charge is -2.28. The van der Waals surface area contributed by atoms with Gasteiger partial charge in [-0.25, -0.2) is 9.97 Å². The lowest BCUT2D eigenvalue weighted by Crippen LogP contribution is -2.43. The van der Waals surface area contributed by atoms with Gasteiger partial charge in [0.25, 0.3) is 0 Å². The van der Waals surface area contributed by atoms with Crippen LogP contribution in [0.2, 0.25) is 0 Å². The van der Waals surface area contributed by atoms with Gasteiger partial charge < -0.3 is 15.2 Å². The van der Waals surface area contributed by atoms with E-state index in [1.807, 2.05) is 6.92 Å². The molecule has 0 spiro atoms. The number of pyridine rings is 1. The highest BCUT2D eigenvalue weighted by molar-refractivity contribution is 5.85. The van der Waals surface area contributed by atoms with Gasteiger partial charge in [-0.15, -0.1) is 0 Å². The molecule has 178 valence electrons. The van der Waals surface area contributed by atoms with Crippen molar-refractivity contribution < 1.29 is 17.7 Å². The highest BCUT2D eigenvalue weighted by Gasteiger charge is 2.37. The van der Waals surface area contributed by atoms with Crippen LogP contribution in [0.5, 0.6) is 0 Å².